The fourth-order valence-electron chi connectivity index (χ4n) is 5.68. The smallest absolute Gasteiger partial charge is 0.308 e. The van der Waals surface area contributed by atoms with Crippen molar-refractivity contribution >= 4 is 65.7 Å². The first kappa shape index (κ1) is 54.9. The van der Waals surface area contributed by atoms with Crippen LogP contribution in [0.2, 0.25) is 0 Å². The van der Waals surface area contributed by atoms with Gasteiger partial charge in [-0.15, -0.1) is 0 Å². The standard InChI is InChI=1S/C46H40O26/c1-18(47)59-29-12-32(60-19(2)48)41(33(13-29)61-20(3)49)72-38-17-37(65-24(7)53)43(67-26(9)55)46(69-28(11)57)44(38)70-30-14-34(62-21(4)50)40(35(15-30)63-22(5)51)71-31-16-36(64-23(6)52)42(66-25(8)54)45(39(31)58)68-27(10)56/h12-17,58H,1-11H3. The third kappa shape index (κ3) is 15.1. The largest absolute Gasteiger partial charge is 0.502 e. The number of carbonyl (C=O) groups is 11. The lowest BCUT2D eigenvalue weighted by Crippen LogP contribution is -2.12. The number of carbonyl (C=O) groups excluding carboxylic acids is 11. The van der Waals surface area contributed by atoms with E-state index in [0.717, 1.165) is 113 Å². The summed E-state index contributed by atoms with van der Waals surface area (Å²) in [5.41, 5.74) is 0. The molecule has 0 heterocycles. The SMILES string of the molecule is CC(=O)Oc1cc(OC(C)=O)c(Oc2cc(OC(C)=O)c(OC(C)=O)c(OC(C)=O)c2Oc2cc(OC(C)=O)c(Oc3cc(OC(C)=O)c(OC(C)=O)c(OC(C)=O)c3O)c(OC(C)=O)c2)c(OC(C)=O)c1. The van der Waals surface area contributed by atoms with Gasteiger partial charge >= 0.3 is 65.7 Å². The maximum atomic E-state index is 12.8. The lowest BCUT2D eigenvalue weighted by atomic mass is 10.2. The van der Waals surface area contributed by atoms with Crippen molar-refractivity contribution in [3.8, 4) is 103 Å². The van der Waals surface area contributed by atoms with Gasteiger partial charge in [-0.2, -0.15) is 0 Å². The molecular formula is C46H40O26. The van der Waals surface area contributed by atoms with Gasteiger partial charge in [-0.3, -0.25) is 52.7 Å². The fourth-order valence-corrected chi connectivity index (χ4v) is 5.68. The summed E-state index contributed by atoms with van der Waals surface area (Å²) >= 11 is 0. The van der Waals surface area contributed by atoms with Gasteiger partial charge in [0, 0.05) is 113 Å². The maximum absolute atomic E-state index is 12.8. The molecule has 72 heavy (non-hydrogen) atoms. The number of phenols is 1. The molecule has 1 N–H and O–H groups in total. The van der Waals surface area contributed by atoms with E-state index >= 15 is 0 Å². The number of rotatable bonds is 17. The van der Waals surface area contributed by atoms with Crippen LogP contribution in [0.25, 0.3) is 0 Å². The van der Waals surface area contributed by atoms with Crippen LogP contribution in [-0.4, -0.2) is 70.8 Å². The summed E-state index contributed by atoms with van der Waals surface area (Å²) in [7, 11) is 0. The normalized spacial score (nSPS) is 10.3. The summed E-state index contributed by atoms with van der Waals surface area (Å²) in [5, 5.41) is 11.4. The van der Waals surface area contributed by atoms with E-state index in [4.69, 9.17) is 66.3 Å². The predicted octanol–water partition coefficient (Wildman–Crippen LogP) is 5.95. The quantitative estimate of drug-likeness (QED) is 0.0943. The monoisotopic (exact) mass is 1010 g/mol. The number of aromatic hydroxyl groups is 1. The van der Waals surface area contributed by atoms with E-state index in [1.54, 1.807) is 0 Å². The Morgan fingerprint density at radius 1 is 0.250 bits per heavy atom. The third-order valence-electron chi connectivity index (χ3n) is 7.66. The first-order chi connectivity index (χ1) is 33.6. The summed E-state index contributed by atoms with van der Waals surface area (Å²) in [6.45, 7) is 10.2. The predicted molar refractivity (Wildman–Crippen MR) is 232 cm³/mol. The number of esters is 11. The van der Waals surface area contributed by atoms with E-state index in [2.05, 4.69) is 0 Å². The average molecular weight is 1010 g/mol. The zero-order chi connectivity index (χ0) is 53.9. The number of hydrogen-bond donors (Lipinski definition) is 1. The first-order valence-electron chi connectivity index (χ1n) is 20.1. The molecule has 0 fully saturated rings. The molecule has 26 heteroatoms. The van der Waals surface area contributed by atoms with Crippen LogP contribution in [0.5, 0.6) is 103 Å². The highest BCUT2D eigenvalue weighted by Gasteiger charge is 2.33. The molecule has 0 aromatic heterocycles. The van der Waals surface area contributed by atoms with Crippen molar-refractivity contribution in [3.05, 3.63) is 36.4 Å². The lowest BCUT2D eigenvalue weighted by Gasteiger charge is -2.22. The van der Waals surface area contributed by atoms with Crippen LogP contribution in [-0.2, 0) is 52.7 Å². The molecule has 0 amide bonds. The Balaban J connectivity index is 2.18. The Hall–Kier alpha value is -9.75. The molecule has 0 unspecified atom stereocenters. The molecule has 0 radical (unpaired) electrons. The van der Waals surface area contributed by atoms with Crippen molar-refractivity contribution < 1.29 is 124 Å². The van der Waals surface area contributed by atoms with Gasteiger partial charge < -0.3 is 71.4 Å². The van der Waals surface area contributed by atoms with Gasteiger partial charge in [-0.25, -0.2) is 0 Å². The van der Waals surface area contributed by atoms with Crippen molar-refractivity contribution in [2.24, 2.45) is 0 Å². The van der Waals surface area contributed by atoms with Crippen LogP contribution < -0.4 is 66.3 Å². The second-order valence-electron chi connectivity index (χ2n) is 14.1. The van der Waals surface area contributed by atoms with Gasteiger partial charge in [0.05, 0.1) is 0 Å². The molecule has 26 nitrogen and oxygen atoms in total. The van der Waals surface area contributed by atoms with Crippen molar-refractivity contribution in [1.82, 2.24) is 0 Å². The van der Waals surface area contributed by atoms with Crippen LogP contribution in [0.15, 0.2) is 36.4 Å². The number of phenolic OH excluding ortho intramolecular Hbond substituents is 1. The molecule has 4 aromatic rings. The highest BCUT2D eigenvalue weighted by atomic mass is 16.6. The highest BCUT2D eigenvalue weighted by molar-refractivity contribution is 5.84. The molecule has 0 aliphatic heterocycles. The summed E-state index contributed by atoms with van der Waals surface area (Å²) in [6.07, 6.45) is 0. The van der Waals surface area contributed by atoms with Gasteiger partial charge in [0.2, 0.25) is 46.0 Å². The Bertz CT molecular complexity index is 2870. The molecule has 4 rings (SSSR count). The average Bonchev–Trinajstić information content (AvgIpc) is 3.20. The zero-order valence-corrected chi connectivity index (χ0v) is 39.6. The zero-order valence-electron chi connectivity index (χ0n) is 39.6. The van der Waals surface area contributed by atoms with E-state index in [1.165, 1.54) is 0 Å². The summed E-state index contributed by atoms with van der Waals surface area (Å²) < 4.78 is 76.1. The Morgan fingerprint density at radius 2 is 0.514 bits per heavy atom. The minimum atomic E-state index is -1.16. The van der Waals surface area contributed by atoms with E-state index in [9.17, 15) is 57.8 Å². The third-order valence-corrected chi connectivity index (χ3v) is 7.66. The molecule has 0 atom stereocenters. The minimum Gasteiger partial charge on any atom is -0.502 e. The van der Waals surface area contributed by atoms with E-state index < -0.39 is 163 Å². The van der Waals surface area contributed by atoms with Crippen molar-refractivity contribution in [2.75, 3.05) is 0 Å². The molecule has 0 bridgehead atoms. The van der Waals surface area contributed by atoms with Gasteiger partial charge in [-0.05, 0) is 0 Å². The van der Waals surface area contributed by atoms with Crippen molar-refractivity contribution in [1.29, 1.82) is 0 Å². The lowest BCUT2D eigenvalue weighted by molar-refractivity contribution is -0.135. The molecule has 4 aromatic carbocycles. The van der Waals surface area contributed by atoms with Crippen LogP contribution >= 0.6 is 0 Å². The van der Waals surface area contributed by atoms with E-state index in [-0.39, 0.29) is 5.75 Å². The van der Waals surface area contributed by atoms with E-state index in [0.29, 0.717) is 0 Å². The Morgan fingerprint density at radius 3 is 0.861 bits per heavy atom. The molecule has 0 aliphatic rings. The summed E-state index contributed by atoms with van der Waals surface area (Å²) in [4.78, 5) is 136. The highest BCUT2D eigenvalue weighted by Crippen LogP contribution is 2.58. The summed E-state index contributed by atoms with van der Waals surface area (Å²) in [6, 6.07) is 5.20. The van der Waals surface area contributed by atoms with Crippen molar-refractivity contribution in [2.45, 2.75) is 76.2 Å². The molecule has 0 saturated heterocycles. The molecule has 380 valence electrons. The first-order valence-corrected chi connectivity index (χ1v) is 20.1. The second kappa shape index (κ2) is 23.5. The van der Waals surface area contributed by atoms with Crippen LogP contribution in [0.3, 0.4) is 0 Å². The van der Waals surface area contributed by atoms with Crippen molar-refractivity contribution in [3.63, 3.8) is 0 Å². The minimum absolute atomic E-state index is 0.345. The van der Waals surface area contributed by atoms with Crippen LogP contribution in [0.4, 0.5) is 0 Å². The molecular weight excluding hydrogens is 968 g/mol. The summed E-state index contributed by atoms with van der Waals surface area (Å²) in [5.74, 6) is -24.9. The van der Waals surface area contributed by atoms with Gasteiger partial charge in [0.25, 0.3) is 0 Å². The van der Waals surface area contributed by atoms with Crippen LogP contribution in [0, 0.1) is 0 Å². The Labute approximate surface area is 405 Å². The molecule has 0 spiro atoms. The number of hydrogen-bond acceptors (Lipinski definition) is 26. The maximum Gasteiger partial charge on any atom is 0.308 e. The van der Waals surface area contributed by atoms with Gasteiger partial charge in [0.15, 0.2) is 46.0 Å². The topological polar surface area (TPSA) is 337 Å². The fraction of sp³-hybridized carbons (Fsp3) is 0.239. The van der Waals surface area contributed by atoms with E-state index in [1.807, 2.05) is 0 Å². The number of ether oxygens (including phenoxy) is 14. The van der Waals surface area contributed by atoms with Crippen LogP contribution in [0.1, 0.15) is 76.2 Å². The Kier molecular flexibility index (Phi) is 17.9. The van der Waals surface area contributed by atoms with Gasteiger partial charge in [-0.1, -0.05) is 0 Å². The number of benzene rings is 4. The second-order valence-corrected chi connectivity index (χ2v) is 14.1. The molecule has 0 saturated carbocycles. The molecule has 0 aliphatic carbocycles. The van der Waals surface area contributed by atoms with Gasteiger partial charge in [0.1, 0.15) is 11.5 Å².